The van der Waals surface area contributed by atoms with Crippen LogP contribution in [0.2, 0.25) is 0 Å². The maximum atomic E-state index is 4.23. The van der Waals surface area contributed by atoms with Crippen molar-refractivity contribution in [1.82, 2.24) is 25.4 Å². The maximum absolute atomic E-state index is 4.23. The van der Waals surface area contributed by atoms with Crippen LogP contribution in [-0.4, -0.2) is 34.3 Å². The van der Waals surface area contributed by atoms with E-state index in [0.717, 1.165) is 24.7 Å². The molecule has 2 rings (SSSR count). The van der Waals surface area contributed by atoms with Gasteiger partial charge in [0, 0.05) is 25.5 Å². The molecule has 2 aromatic heterocycles. The average Bonchev–Trinajstić information content (AvgIpc) is 3.11. The Hall–Kier alpha value is -1.89. The van der Waals surface area contributed by atoms with E-state index in [1.54, 1.807) is 18.1 Å². The third-order valence-electron chi connectivity index (χ3n) is 3.19. The SMILES string of the molecule is CN=C(NCc1ncnn1C)NCC(C)Cc1cccs1. The van der Waals surface area contributed by atoms with Gasteiger partial charge in [-0.1, -0.05) is 13.0 Å². The Morgan fingerprint density at radius 2 is 2.33 bits per heavy atom. The molecule has 0 spiro atoms. The highest BCUT2D eigenvalue weighted by Gasteiger charge is 2.07. The van der Waals surface area contributed by atoms with Gasteiger partial charge in [-0.3, -0.25) is 9.67 Å². The summed E-state index contributed by atoms with van der Waals surface area (Å²) in [5.41, 5.74) is 0. The van der Waals surface area contributed by atoms with Crippen LogP contribution in [0.15, 0.2) is 28.8 Å². The molecule has 7 heteroatoms. The lowest BCUT2D eigenvalue weighted by Crippen LogP contribution is -2.39. The Morgan fingerprint density at radius 3 is 2.95 bits per heavy atom. The number of aryl methyl sites for hydroxylation is 1. The molecule has 0 bridgehead atoms. The van der Waals surface area contributed by atoms with Gasteiger partial charge >= 0.3 is 0 Å². The molecule has 0 aliphatic rings. The van der Waals surface area contributed by atoms with Crippen molar-refractivity contribution in [3.05, 3.63) is 34.5 Å². The van der Waals surface area contributed by atoms with E-state index in [1.807, 2.05) is 18.4 Å². The zero-order valence-electron chi connectivity index (χ0n) is 12.7. The number of rotatable bonds is 6. The third-order valence-corrected chi connectivity index (χ3v) is 4.09. The van der Waals surface area contributed by atoms with Crippen LogP contribution in [0.5, 0.6) is 0 Å². The summed E-state index contributed by atoms with van der Waals surface area (Å²) in [6.45, 7) is 3.73. The van der Waals surface area contributed by atoms with E-state index >= 15 is 0 Å². The van der Waals surface area contributed by atoms with Gasteiger partial charge in [-0.2, -0.15) is 5.10 Å². The molecule has 1 atom stereocenters. The van der Waals surface area contributed by atoms with Crippen molar-refractivity contribution in [3.63, 3.8) is 0 Å². The Balaban J connectivity index is 1.73. The van der Waals surface area contributed by atoms with Gasteiger partial charge in [0.2, 0.25) is 0 Å². The smallest absolute Gasteiger partial charge is 0.191 e. The fraction of sp³-hybridized carbons (Fsp3) is 0.500. The zero-order valence-corrected chi connectivity index (χ0v) is 13.5. The van der Waals surface area contributed by atoms with Crippen LogP contribution in [0.3, 0.4) is 0 Å². The predicted octanol–water partition coefficient (Wildman–Crippen LogP) is 1.42. The molecule has 114 valence electrons. The molecule has 2 heterocycles. The first kappa shape index (κ1) is 15.5. The molecule has 0 saturated carbocycles. The molecule has 6 nitrogen and oxygen atoms in total. The van der Waals surface area contributed by atoms with Crippen LogP contribution < -0.4 is 10.6 Å². The summed E-state index contributed by atoms with van der Waals surface area (Å²) >= 11 is 1.81. The Kier molecular flexibility index (Phi) is 5.74. The molecular formula is C14H22N6S. The Labute approximate surface area is 129 Å². The summed E-state index contributed by atoms with van der Waals surface area (Å²) in [7, 11) is 3.65. The predicted molar refractivity (Wildman–Crippen MR) is 86.4 cm³/mol. The van der Waals surface area contributed by atoms with Crippen molar-refractivity contribution in [2.75, 3.05) is 13.6 Å². The second-order valence-electron chi connectivity index (χ2n) is 5.00. The summed E-state index contributed by atoms with van der Waals surface area (Å²) in [6.07, 6.45) is 2.64. The van der Waals surface area contributed by atoms with E-state index < -0.39 is 0 Å². The third kappa shape index (κ3) is 4.86. The van der Waals surface area contributed by atoms with Gasteiger partial charge in [0.1, 0.15) is 12.2 Å². The quantitative estimate of drug-likeness (QED) is 0.626. The lowest BCUT2D eigenvalue weighted by Gasteiger charge is -2.15. The Bertz CT molecular complexity index is 560. The monoisotopic (exact) mass is 306 g/mol. The average molecular weight is 306 g/mol. The van der Waals surface area contributed by atoms with E-state index in [0.29, 0.717) is 12.5 Å². The van der Waals surface area contributed by atoms with Gasteiger partial charge in [0.05, 0.1) is 6.54 Å². The fourth-order valence-electron chi connectivity index (χ4n) is 1.98. The highest BCUT2D eigenvalue weighted by atomic mass is 32.1. The number of hydrogen-bond donors (Lipinski definition) is 2. The number of thiophene rings is 1. The molecule has 0 amide bonds. The molecule has 0 radical (unpaired) electrons. The van der Waals surface area contributed by atoms with E-state index in [1.165, 1.54) is 4.88 Å². The zero-order chi connectivity index (χ0) is 15.1. The van der Waals surface area contributed by atoms with Crippen LogP contribution in [0.4, 0.5) is 0 Å². The van der Waals surface area contributed by atoms with Gasteiger partial charge in [0.15, 0.2) is 5.96 Å². The lowest BCUT2D eigenvalue weighted by molar-refractivity contribution is 0.560. The van der Waals surface area contributed by atoms with Crippen molar-refractivity contribution in [2.24, 2.45) is 18.0 Å². The second-order valence-corrected chi connectivity index (χ2v) is 6.03. The standard InChI is InChI=1S/C14H22N6S/c1-11(7-12-5-4-6-21-12)8-16-14(15-2)17-9-13-18-10-19-20(13)3/h4-6,10-11H,7-9H2,1-3H3,(H2,15,16,17). The van der Waals surface area contributed by atoms with Gasteiger partial charge in [-0.25, -0.2) is 4.98 Å². The second kappa shape index (κ2) is 7.78. The topological polar surface area (TPSA) is 67.1 Å². The highest BCUT2D eigenvalue weighted by Crippen LogP contribution is 2.13. The van der Waals surface area contributed by atoms with Crippen molar-refractivity contribution in [2.45, 2.75) is 19.9 Å². The molecule has 0 saturated heterocycles. The number of aliphatic imine (C=N–C) groups is 1. The van der Waals surface area contributed by atoms with E-state index in [9.17, 15) is 0 Å². The van der Waals surface area contributed by atoms with E-state index in [2.05, 4.69) is 50.1 Å². The van der Waals surface area contributed by atoms with Gasteiger partial charge in [-0.05, 0) is 23.8 Å². The fourth-order valence-corrected chi connectivity index (χ4v) is 2.85. The summed E-state index contributed by atoms with van der Waals surface area (Å²) in [5, 5.41) is 12.8. The largest absolute Gasteiger partial charge is 0.356 e. The molecule has 2 N–H and O–H groups in total. The van der Waals surface area contributed by atoms with Crippen molar-refractivity contribution in [3.8, 4) is 0 Å². The van der Waals surface area contributed by atoms with Crippen LogP contribution in [0, 0.1) is 5.92 Å². The normalized spacial score (nSPS) is 13.2. The first-order valence-corrected chi connectivity index (χ1v) is 7.86. The number of nitrogens with one attached hydrogen (secondary N) is 2. The van der Waals surface area contributed by atoms with Crippen molar-refractivity contribution in [1.29, 1.82) is 0 Å². The minimum absolute atomic E-state index is 0.553. The van der Waals surface area contributed by atoms with Crippen LogP contribution in [-0.2, 0) is 20.0 Å². The summed E-state index contributed by atoms with van der Waals surface area (Å²) in [5.74, 6) is 2.22. The molecule has 0 fully saturated rings. The van der Waals surface area contributed by atoms with E-state index in [4.69, 9.17) is 0 Å². The molecular weight excluding hydrogens is 284 g/mol. The minimum Gasteiger partial charge on any atom is -0.356 e. The van der Waals surface area contributed by atoms with Crippen LogP contribution >= 0.6 is 11.3 Å². The maximum Gasteiger partial charge on any atom is 0.191 e. The first-order chi connectivity index (χ1) is 10.2. The summed E-state index contributed by atoms with van der Waals surface area (Å²) < 4.78 is 1.75. The van der Waals surface area contributed by atoms with Crippen molar-refractivity contribution >= 4 is 17.3 Å². The first-order valence-electron chi connectivity index (χ1n) is 6.98. The minimum atomic E-state index is 0.553. The van der Waals surface area contributed by atoms with Gasteiger partial charge < -0.3 is 10.6 Å². The number of hydrogen-bond acceptors (Lipinski definition) is 4. The molecule has 2 aromatic rings. The Morgan fingerprint density at radius 1 is 1.48 bits per heavy atom. The highest BCUT2D eigenvalue weighted by molar-refractivity contribution is 7.09. The summed E-state index contributed by atoms with van der Waals surface area (Å²) in [4.78, 5) is 9.82. The van der Waals surface area contributed by atoms with E-state index in [-0.39, 0.29) is 0 Å². The molecule has 1 unspecified atom stereocenters. The molecule has 21 heavy (non-hydrogen) atoms. The molecule has 0 aliphatic heterocycles. The van der Waals surface area contributed by atoms with Crippen LogP contribution in [0.25, 0.3) is 0 Å². The number of nitrogens with zero attached hydrogens (tertiary/aromatic N) is 4. The number of guanidine groups is 1. The van der Waals surface area contributed by atoms with Crippen molar-refractivity contribution < 1.29 is 0 Å². The molecule has 0 aromatic carbocycles. The molecule has 0 aliphatic carbocycles. The number of aromatic nitrogens is 3. The van der Waals surface area contributed by atoms with Crippen LogP contribution in [0.1, 0.15) is 17.6 Å². The lowest BCUT2D eigenvalue weighted by atomic mass is 10.1. The van der Waals surface area contributed by atoms with Gasteiger partial charge in [0.25, 0.3) is 0 Å². The summed E-state index contributed by atoms with van der Waals surface area (Å²) in [6, 6.07) is 4.28. The van der Waals surface area contributed by atoms with Gasteiger partial charge in [-0.15, -0.1) is 11.3 Å².